The van der Waals surface area contributed by atoms with Crippen LogP contribution in [0.1, 0.15) is 12.0 Å². The molecular weight excluding hydrogens is 239 g/mol. The van der Waals surface area contributed by atoms with E-state index >= 15 is 0 Å². The smallest absolute Gasteiger partial charge is 0.303 e. The molecule has 2 nitrogen and oxygen atoms in total. The summed E-state index contributed by atoms with van der Waals surface area (Å²) in [6.07, 6.45) is 0.492. The fourth-order valence-electron chi connectivity index (χ4n) is 0.946. The van der Waals surface area contributed by atoms with Gasteiger partial charge in [0.05, 0.1) is 4.47 Å². The van der Waals surface area contributed by atoms with Crippen molar-refractivity contribution in [1.82, 2.24) is 0 Å². The van der Waals surface area contributed by atoms with Crippen LogP contribution in [0.2, 0.25) is 0 Å². The summed E-state index contributed by atoms with van der Waals surface area (Å²) in [6, 6.07) is 4.50. The Morgan fingerprint density at radius 1 is 1.54 bits per heavy atom. The lowest BCUT2D eigenvalue weighted by molar-refractivity contribution is -0.136. The number of hydrogen-bond donors (Lipinski definition) is 1. The summed E-state index contributed by atoms with van der Waals surface area (Å²) in [7, 11) is 0. The van der Waals surface area contributed by atoms with Gasteiger partial charge in [0.15, 0.2) is 0 Å². The normalized spacial score (nSPS) is 10.0. The van der Waals surface area contributed by atoms with Crippen molar-refractivity contribution in [2.45, 2.75) is 12.8 Å². The van der Waals surface area contributed by atoms with E-state index in [1.54, 1.807) is 12.1 Å². The minimum Gasteiger partial charge on any atom is -0.481 e. The summed E-state index contributed by atoms with van der Waals surface area (Å²) in [5.74, 6) is -1.18. The van der Waals surface area contributed by atoms with Gasteiger partial charge in [0.1, 0.15) is 5.82 Å². The maximum absolute atomic E-state index is 12.7. The quantitative estimate of drug-likeness (QED) is 0.891. The van der Waals surface area contributed by atoms with Crippen LogP contribution in [0.3, 0.4) is 0 Å². The Hall–Kier alpha value is -0.900. The van der Waals surface area contributed by atoms with Gasteiger partial charge in [-0.15, -0.1) is 0 Å². The van der Waals surface area contributed by atoms with Gasteiger partial charge in [-0.3, -0.25) is 4.79 Å². The van der Waals surface area contributed by atoms with Gasteiger partial charge in [0, 0.05) is 6.42 Å². The van der Waals surface area contributed by atoms with Gasteiger partial charge < -0.3 is 5.11 Å². The number of aryl methyl sites for hydroxylation is 1. The molecule has 0 aliphatic heterocycles. The third kappa shape index (κ3) is 3.14. The third-order valence-electron chi connectivity index (χ3n) is 1.61. The van der Waals surface area contributed by atoms with Crippen molar-refractivity contribution < 1.29 is 14.3 Å². The summed E-state index contributed by atoms with van der Waals surface area (Å²) in [6.45, 7) is 0. The van der Waals surface area contributed by atoms with Crippen LogP contribution in [0.15, 0.2) is 22.7 Å². The largest absolute Gasteiger partial charge is 0.481 e. The minimum atomic E-state index is -0.847. The molecule has 13 heavy (non-hydrogen) atoms. The zero-order valence-electron chi connectivity index (χ0n) is 6.76. The Morgan fingerprint density at radius 3 is 2.77 bits per heavy atom. The van der Waals surface area contributed by atoms with Crippen molar-refractivity contribution in [1.29, 1.82) is 0 Å². The Kier molecular flexibility index (Phi) is 3.42. The second-order valence-electron chi connectivity index (χ2n) is 2.64. The van der Waals surface area contributed by atoms with Crippen LogP contribution in [-0.4, -0.2) is 11.1 Å². The first-order chi connectivity index (χ1) is 6.09. The molecule has 4 heteroatoms. The monoisotopic (exact) mass is 246 g/mol. The van der Waals surface area contributed by atoms with Gasteiger partial charge >= 0.3 is 5.97 Å². The standard InChI is InChI=1S/C9H8BrFO2/c10-7-5-6(1-3-8(7)11)2-4-9(12)13/h1,3,5H,2,4H2,(H,12,13). The highest BCUT2D eigenvalue weighted by atomic mass is 79.9. The molecule has 0 unspecified atom stereocenters. The topological polar surface area (TPSA) is 37.3 Å². The maximum Gasteiger partial charge on any atom is 0.303 e. The van der Waals surface area contributed by atoms with E-state index in [-0.39, 0.29) is 12.2 Å². The van der Waals surface area contributed by atoms with Gasteiger partial charge in [0.25, 0.3) is 0 Å². The molecule has 0 heterocycles. The lowest BCUT2D eigenvalue weighted by atomic mass is 10.1. The van der Waals surface area contributed by atoms with E-state index in [4.69, 9.17) is 5.11 Å². The van der Waals surface area contributed by atoms with Gasteiger partial charge in [-0.25, -0.2) is 4.39 Å². The van der Waals surface area contributed by atoms with E-state index in [0.717, 1.165) is 5.56 Å². The Bertz CT molecular complexity index is 325. The fraction of sp³-hybridized carbons (Fsp3) is 0.222. The number of carbonyl (C=O) groups is 1. The second-order valence-corrected chi connectivity index (χ2v) is 3.50. The molecule has 1 aromatic carbocycles. The summed E-state index contributed by atoms with van der Waals surface area (Å²) >= 11 is 3.03. The third-order valence-corrected chi connectivity index (χ3v) is 2.22. The molecule has 0 spiro atoms. The molecule has 0 aromatic heterocycles. The predicted octanol–water partition coefficient (Wildman–Crippen LogP) is 2.61. The van der Waals surface area contributed by atoms with Crippen LogP contribution >= 0.6 is 15.9 Å². The van der Waals surface area contributed by atoms with Crippen LogP contribution in [0.4, 0.5) is 4.39 Å². The molecule has 0 aliphatic carbocycles. The minimum absolute atomic E-state index is 0.0675. The van der Waals surface area contributed by atoms with Crippen LogP contribution in [0, 0.1) is 5.82 Å². The first kappa shape index (κ1) is 10.2. The van der Waals surface area contributed by atoms with E-state index in [9.17, 15) is 9.18 Å². The zero-order chi connectivity index (χ0) is 9.84. The lowest BCUT2D eigenvalue weighted by Gasteiger charge is -1.99. The number of halogens is 2. The van der Waals surface area contributed by atoms with Crippen LogP contribution < -0.4 is 0 Å². The summed E-state index contributed by atoms with van der Waals surface area (Å²) in [5.41, 5.74) is 0.815. The number of carboxylic acids is 1. The molecule has 0 bridgehead atoms. The molecule has 1 N–H and O–H groups in total. The average Bonchev–Trinajstić information content (AvgIpc) is 2.07. The van der Waals surface area contributed by atoms with E-state index in [0.29, 0.717) is 10.9 Å². The zero-order valence-corrected chi connectivity index (χ0v) is 8.34. The van der Waals surface area contributed by atoms with Gasteiger partial charge in [-0.05, 0) is 40.0 Å². The molecule has 1 aromatic rings. The highest BCUT2D eigenvalue weighted by Crippen LogP contribution is 2.17. The highest BCUT2D eigenvalue weighted by molar-refractivity contribution is 9.10. The SMILES string of the molecule is O=C(O)CCc1ccc(F)c(Br)c1. The highest BCUT2D eigenvalue weighted by Gasteiger charge is 2.02. The van der Waals surface area contributed by atoms with E-state index in [2.05, 4.69) is 15.9 Å². The Labute approximate surface area is 83.5 Å². The Balaban J connectivity index is 2.68. The Morgan fingerprint density at radius 2 is 2.23 bits per heavy atom. The fourth-order valence-corrected chi connectivity index (χ4v) is 1.37. The molecule has 70 valence electrons. The van der Waals surface area contributed by atoms with Gasteiger partial charge in [-0.2, -0.15) is 0 Å². The van der Waals surface area contributed by atoms with Crippen molar-refractivity contribution in [2.75, 3.05) is 0 Å². The number of hydrogen-bond acceptors (Lipinski definition) is 1. The predicted molar refractivity (Wildman–Crippen MR) is 50.1 cm³/mol. The van der Waals surface area contributed by atoms with Gasteiger partial charge in [-0.1, -0.05) is 6.07 Å². The first-order valence-corrected chi connectivity index (χ1v) is 4.54. The lowest BCUT2D eigenvalue weighted by Crippen LogP contribution is -1.97. The molecule has 0 aliphatic rings. The van der Waals surface area contributed by atoms with E-state index < -0.39 is 5.97 Å². The summed E-state index contributed by atoms with van der Waals surface area (Å²) < 4.78 is 13.1. The number of carboxylic acid groups (broad SMARTS) is 1. The molecule has 0 radical (unpaired) electrons. The number of benzene rings is 1. The van der Waals surface area contributed by atoms with Crippen LogP contribution in [0.5, 0.6) is 0 Å². The second kappa shape index (κ2) is 4.37. The first-order valence-electron chi connectivity index (χ1n) is 3.75. The van der Waals surface area contributed by atoms with Crippen molar-refractivity contribution >= 4 is 21.9 Å². The summed E-state index contributed by atoms with van der Waals surface area (Å²) in [5, 5.41) is 8.41. The molecular formula is C9H8BrFO2. The maximum atomic E-state index is 12.7. The molecule has 0 saturated carbocycles. The van der Waals surface area contributed by atoms with Crippen molar-refractivity contribution in [3.8, 4) is 0 Å². The van der Waals surface area contributed by atoms with Crippen molar-refractivity contribution in [3.05, 3.63) is 34.1 Å². The van der Waals surface area contributed by atoms with E-state index in [1.165, 1.54) is 6.07 Å². The molecule has 0 amide bonds. The van der Waals surface area contributed by atoms with E-state index in [1.807, 2.05) is 0 Å². The van der Waals surface area contributed by atoms with Crippen molar-refractivity contribution in [2.24, 2.45) is 0 Å². The average molecular weight is 247 g/mol. The van der Waals surface area contributed by atoms with Crippen LogP contribution in [-0.2, 0) is 11.2 Å². The molecule has 0 fully saturated rings. The molecule has 1 rings (SSSR count). The molecule has 0 saturated heterocycles. The van der Waals surface area contributed by atoms with Gasteiger partial charge in [0.2, 0.25) is 0 Å². The molecule has 0 atom stereocenters. The number of aliphatic carboxylic acids is 1. The van der Waals surface area contributed by atoms with Crippen LogP contribution in [0.25, 0.3) is 0 Å². The summed E-state index contributed by atoms with van der Waals surface area (Å²) in [4.78, 5) is 10.2. The number of rotatable bonds is 3. The van der Waals surface area contributed by atoms with Crippen molar-refractivity contribution in [3.63, 3.8) is 0 Å².